The van der Waals surface area contributed by atoms with Gasteiger partial charge in [-0.25, -0.2) is 4.99 Å². The van der Waals surface area contributed by atoms with Crippen molar-refractivity contribution >= 4 is 17.5 Å². The van der Waals surface area contributed by atoms with Crippen LogP contribution in [-0.2, 0) is 0 Å². The SMILES string of the molecule is N=C(N)N1CC2CC2(C(N)=Nc2ccc(OC(F)(F)F)cc2)C1. The highest BCUT2D eigenvalue weighted by Gasteiger charge is 2.63. The van der Waals surface area contributed by atoms with Crippen molar-refractivity contribution in [2.45, 2.75) is 12.8 Å². The van der Waals surface area contributed by atoms with Crippen LogP contribution in [0.25, 0.3) is 0 Å². The molecule has 1 saturated heterocycles. The molecule has 1 aromatic rings. The van der Waals surface area contributed by atoms with Crippen molar-refractivity contribution in [2.75, 3.05) is 13.1 Å². The Morgan fingerprint density at radius 1 is 1.30 bits per heavy atom. The number of ether oxygens (including phenoxy) is 1. The molecule has 0 amide bonds. The van der Waals surface area contributed by atoms with Crippen LogP contribution >= 0.6 is 0 Å². The second-order valence-electron chi connectivity index (χ2n) is 5.86. The van der Waals surface area contributed by atoms with E-state index in [-0.39, 0.29) is 17.1 Å². The number of fused-ring (bicyclic) bond motifs is 1. The molecule has 6 nitrogen and oxygen atoms in total. The van der Waals surface area contributed by atoms with Gasteiger partial charge in [-0.15, -0.1) is 13.2 Å². The number of benzene rings is 1. The van der Waals surface area contributed by atoms with Crippen LogP contribution in [0.5, 0.6) is 5.75 Å². The summed E-state index contributed by atoms with van der Waals surface area (Å²) >= 11 is 0. The fourth-order valence-corrected chi connectivity index (χ4v) is 3.04. The molecule has 1 heterocycles. The minimum atomic E-state index is -4.72. The van der Waals surface area contributed by atoms with E-state index in [1.165, 1.54) is 24.3 Å². The lowest BCUT2D eigenvalue weighted by atomic mass is 10.1. The fraction of sp³-hybridized carbons (Fsp3) is 0.429. The predicted octanol–water partition coefficient (Wildman–Crippen LogP) is 1.79. The second-order valence-corrected chi connectivity index (χ2v) is 5.86. The Hall–Kier alpha value is -2.45. The van der Waals surface area contributed by atoms with Gasteiger partial charge in [0.25, 0.3) is 0 Å². The summed E-state index contributed by atoms with van der Waals surface area (Å²) in [5, 5.41) is 7.46. The van der Waals surface area contributed by atoms with Crippen LogP contribution in [0, 0.1) is 16.7 Å². The number of nitrogens with zero attached hydrogens (tertiary/aromatic N) is 2. The van der Waals surface area contributed by atoms with Gasteiger partial charge < -0.3 is 21.1 Å². The molecule has 1 aliphatic carbocycles. The van der Waals surface area contributed by atoms with Gasteiger partial charge in [-0.2, -0.15) is 0 Å². The highest BCUT2D eigenvalue weighted by atomic mass is 19.4. The van der Waals surface area contributed by atoms with Crippen molar-refractivity contribution in [2.24, 2.45) is 27.8 Å². The van der Waals surface area contributed by atoms with Gasteiger partial charge in [-0.1, -0.05) is 0 Å². The fourth-order valence-electron chi connectivity index (χ4n) is 3.04. The van der Waals surface area contributed by atoms with Gasteiger partial charge >= 0.3 is 6.36 Å². The first kappa shape index (κ1) is 15.4. The number of halogens is 3. The van der Waals surface area contributed by atoms with E-state index in [0.717, 1.165) is 6.42 Å². The number of likely N-dealkylation sites (tertiary alicyclic amines) is 1. The van der Waals surface area contributed by atoms with Crippen LogP contribution in [0.1, 0.15) is 6.42 Å². The maximum absolute atomic E-state index is 12.1. The molecule has 1 aromatic carbocycles. The van der Waals surface area contributed by atoms with Crippen LogP contribution in [-0.4, -0.2) is 36.1 Å². The third kappa shape index (κ3) is 3.03. The molecule has 0 spiro atoms. The van der Waals surface area contributed by atoms with Gasteiger partial charge in [0.1, 0.15) is 11.6 Å². The molecular weight excluding hydrogens is 311 g/mol. The predicted molar refractivity (Wildman–Crippen MR) is 78.4 cm³/mol. The number of guanidine groups is 1. The number of aliphatic imine (C=N–C) groups is 1. The maximum Gasteiger partial charge on any atom is 0.573 e. The molecular formula is C14H16F3N5O. The number of nitrogens with one attached hydrogen (secondary N) is 1. The van der Waals surface area contributed by atoms with Crippen molar-refractivity contribution in [1.29, 1.82) is 5.41 Å². The van der Waals surface area contributed by atoms with Crippen LogP contribution < -0.4 is 16.2 Å². The number of rotatable bonds is 3. The van der Waals surface area contributed by atoms with Gasteiger partial charge in [0.05, 0.1) is 11.1 Å². The van der Waals surface area contributed by atoms with E-state index in [2.05, 4.69) is 9.73 Å². The van der Waals surface area contributed by atoms with Gasteiger partial charge in [0, 0.05) is 13.1 Å². The maximum atomic E-state index is 12.1. The highest BCUT2D eigenvalue weighted by Crippen LogP contribution is 2.58. The van der Waals surface area contributed by atoms with E-state index in [4.69, 9.17) is 16.9 Å². The van der Waals surface area contributed by atoms with Crippen molar-refractivity contribution in [3.63, 3.8) is 0 Å². The van der Waals surface area contributed by atoms with Crippen LogP contribution in [0.2, 0.25) is 0 Å². The zero-order valence-electron chi connectivity index (χ0n) is 12.1. The monoisotopic (exact) mass is 327 g/mol. The minimum Gasteiger partial charge on any atom is -0.406 e. The van der Waals surface area contributed by atoms with E-state index in [1.54, 1.807) is 4.90 Å². The number of hydrogen-bond donors (Lipinski definition) is 3. The summed E-state index contributed by atoms with van der Waals surface area (Å²) in [5.74, 6) is 0.456. The summed E-state index contributed by atoms with van der Waals surface area (Å²) in [6, 6.07) is 5.22. The topological polar surface area (TPSA) is 101 Å². The lowest BCUT2D eigenvalue weighted by Gasteiger charge is -2.20. The summed E-state index contributed by atoms with van der Waals surface area (Å²) in [5.41, 5.74) is 11.8. The number of hydrogen-bond acceptors (Lipinski definition) is 3. The molecule has 2 unspecified atom stereocenters. The van der Waals surface area contributed by atoms with Gasteiger partial charge in [0.15, 0.2) is 5.96 Å². The number of piperidine rings is 1. The smallest absolute Gasteiger partial charge is 0.406 e. The highest BCUT2D eigenvalue weighted by molar-refractivity contribution is 5.93. The standard InChI is InChI=1S/C14H16F3N5O/c15-14(16,17)23-10-3-1-9(2-4-10)21-11(18)13-5-8(13)6-22(7-13)12(19)20/h1-4,8H,5-7H2,(H2,18,21)(H3,19,20). The molecule has 0 aromatic heterocycles. The quantitative estimate of drug-likeness (QED) is 0.582. The molecule has 5 N–H and O–H groups in total. The molecule has 2 atom stereocenters. The molecule has 0 radical (unpaired) electrons. The van der Waals surface area contributed by atoms with Crippen molar-refractivity contribution in [3.8, 4) is 5.75 Å². The van der Waals surface area contributed by atoms with Gasteiger partial charge in [-0.3, -0.25) is 5.41 Å². The normalized spacial score (nSPS) is 26.8. The number of amidine groups is 1. The first-order valence-corrected chi connectivity index (χ1v) is 6.99. The van der Waals surface area contributed by atoms with Gasteiger partial charge in [-0.05, 0) is 36.6 Å². The number of alkyl halides is 3. The Labute approximate surface area is 130 Å². The molecule has 23 heavy (non-hydrogen) atoms. The number of nitrogens with two attached hydrogens (primary N) is 2. The molecule has 0 bridgehead atoms. The Kier molecular flexibility index (Phi) is 3.38. The Morgan fingerprint density at radius 3 is 2.48 bits per heavy atom. The molecule has 1 saturated carbocycles. The zero-order valence-corrected chi connectivity index (χ0v) is 12.1. The lowest BCUT2D eigenvalue weighted by molar-refractivity contribution is -0.274. The van der Waals surface area contributed by atoms with Crippen LogP contribution in [0.3, 0.4) is 0 Å². The summed E-state index contributed by atoms with van der Waals surface area (Å²) in [6.45, 7) is 1.24. The molecule has 2 fully saturated rings. The van der Waals surface area contributed by atoms with E-state index in [9.17, 15) is 13.2 Å². The van der Waals surface area contributed by atoms with Crippen molar-refractivity contribution in [3.05, 3.63) is 24.3 Å². The molecule has 1 aliphatic heterocycles. The third-order valence-corrected chi connectivity index (χ3v) is 4.32. The average Bonchev–Trinajstić information content (AvgIpc) is 3.02. The summed E-state index contributed by atoms with van der Waals surface area (Å²) in [7, 11) is 0. The Balaban J connectivity index is 1.71. The molecule has 9 heteroatoms. The third-order valence-electron chi connectivity index (χ3n) is 4.32. The zero-order chi connectivity index (χ0) is 16.8. The molecule has 124 valence electrons. The first-order chi connectivity index (χ1) is 10.7. The molecule has 3 rings (SSSR count). The second kappa shape index (κ2) is 5.04. The van der Waals surface area contributed by atoms with E-state index < -0.39 is 6.36 Å². The van der Waals surface area contributed by atoms with Crippen LogP contribution in [0.4, 0.5) is 18.9 Å². The summed E-state index contributed by atoms with van der Waals surface area (Å²) in [4.78, 5) is 6.05. The Bertz CT molecular complexity index is 657. The van der Waals surface area contributed by atoms with Crippen molar-refractivity contribution in [1.82, 2.24) is 4.90 Å². The summed E-state index contributed by atoms with van der Waals surface area (Å²) < 4.78 is 40.1. The van der Waals surface area contributed by atoms with Gasteiger partial charge in [0.2, 0.25) is 0 Å². The van der Waals surface area contributed by atoms with E-state index in [1.807, 2.05) is 0 Å². The van der Waals surface area contributed by atoms with E-state index in [0.29, 0.717) is 30.5 Å². The first-order valence-electron chi connectivity index (χ1n) is 6.99. The lowest BCUT2D eigenvalue weighted by Crippen LogP contribution is -2.39. The Morgan fingerprint density at radius 2 is 1.96 bits per heavy atom. The molecule has 2 aliphatic rings. The largest absolute Gasteiger partial charge is 0.573 e. The van der Waals surface area contributed by atoms with E-state index >= 15 is 0 Å². The average molecular weight is 327 g/mol. The van der Waals surface area contributed by atoms with Crippen LogP contribution in [0.15, 0.2) is 29.3 Å². The van der Waals surface area contributed by atoms with Crippen molar-refractivity contribution < 1.29 is 17.9 Å². The summed E-state index contributed by atoms with van der Waals surface area (Å²) in [6.07, 6.45) is -3.83. The minimum absolute atomic E-state index is 0.0121.